The molecule has 0 N–H and O–H groups in total. The maximum absolute atomic E-state index is 12.5. The lowest BCUT2D eigenvalue weighted by Crippen LogP contribution is -2.09. The molecule has 2 aromatic rings. The topological polar surface area (TPSA) is 17.1 Å². The largest absolute Gasteiger partial charge is 0.294 e. The smallest absolute Gasteiger partial charge is 0.163 e. The first-order valence-electron chi connectivity index (χ1n) is 7.33. The second kappa shape index (κ2) is 6.36. The van der Waals surface area contributed by atoms with Crippen molar-refractivity contribution >= 4 is 5.78 Å². The van der Waals surface area contributed by atoms with Crippen LogP contribution in [0.2, 0.25) is 0 Å². The summed E-state index contributed by atoms with van der Waals surface area (Å²) >= 11 is 0. The van der Waals surface area contributed by atoms with E-state index < -0.39 is 0 Å². The monoisotopic (exact) mass is 274 g/mol. The second-order valence-corrected chi connectivity index (χ2v) is 5.33. The average Bonchev–Trinajstić information content (AvgIpc) is 3.08. The van der Waals surface area contributed by atoms with E-state index in [0.29, 0.717) is 6.42 Å². The Labute approximate surface area is 125 Å². The fraction of sp³-hybridized carbons (Fsp3) is 0.150. The molecular weight excluding hydrogens is 256 g/mol. The van der Waals surface area contributed by atoms with Crippen LogP contribution in [0.3, 0.4) is 0 Å². The highest BCUT2D eigenvalue weighted by molar-refractivity contribution is 5.96. The van der Waals surface area contributed by atoms with E-state index in [1.165, 1.54) is 11.1 Å². The van der Waals surface area contributed by atoms with E-state index >= 15 is 0 Å². The lowest BCUT2D eigenvalue weighted by atomic mass is 9.85. The molecule has 0 saturated heterocycles. The molecule has 104 valence electrons. The summed E-state index contributed by atoms with van der Waals surface area (Å²) in [6.45, 7) is 0. The van der Waals surface area contributed by atoms with Gasteiger partial charge < -0.3 is 0 Å². The molecule has 0 saturated carbocycles. The number of Topliss-reactive ketones (excluding diaryl/α,β-unsaturated/α-hetero) is 1. The lowest BCUT2D eigenvalue weighted by Gasteiger charge is -2.18. The first kappa shape index (κ1) is 13.6. The van der Waals surface area contributed by atoms with Crippen LogP contribution in [0, 0.1) is 0 Å². The van der Waals surface area contributed by atoms with Crippen LogP contribution in [0.5, 0.6) is 0 Å². The van der Waals surface area contributed by atoms with Crippen LogP contribution < -0.4 is 0 Å². The van der Waals surface area contributed by atoms with E-state index in [4.69, 9.17) is 0 Å². The first-order valence-corrected chi connectivity index (χ1v) is 7.33. The molecule has 21 heavy (non-hydrogen) atoms. The Morgan fingerprint density at radius 3 is 2.24 bits per heavy atom. The number of allylic oxidation sites excluding steroid dienone is 4. The number of carbonyl (C=O) groups is 1. The summed E-state index contributed by atoms with van der Waals surface area (Å²) in [7, 11) is 0. The van der Waals surface area contributed by atoms with Crippen LogP contribution in [0.1, 0.15) is 34.7 Å². The number of hydrogen-bond donors (Lipinski definition) is 0. The normalized spacial score (nSPS) is 14.8. The van der Waals surface area contributed by atoms with Crippen molar-refractivity contribution in [2.24, 2.45) is 0 Å². The Hall–Kier alpha value is -2.41. The van der Waals surface area contributed by atoms with Crippen LogP contribution in [0.25, 0.3) is 0 Å². The van der Waals surface area contributed by atoms with Gasteiger partial charge in [0.15, 0.2) is 5.78 Å². The van der Waals surface area contributed by atoms with Gasteiger partial charge >= 0.3 is 0 Å². The van der Waals surface area contributed by atoms with Gasteiger partial charge in [-0.1, -0.05) is 84.5 Å². The number of carbonyl (C=O) groups excluding carboxylic acids is 1. The molecule has 0 amide bonds. The van der Waals surface area contributed by atoms with E-state index in [2.05, 4.69) is 30.4 Å². The van der Waals surface area contributed by atoms with Gasteiger partial charge in [-0.2, -0.15) is 0 Å². The molecule has 0 aromatic heterocycles. The van der Waals surface area contributed by atoms with Crippen LogP contribution in [-0.2, 0) is 0 Å². The predicted octanol–water partition coefficient (Wildman–Crippen LogP) is 4.93. The zero-order valence-corrected chi connectivity index (χ0v) is 11.9. The molecule has 3 rings (SSSR count). The highest BCUT2D eigenvalue weighted by Crippen LogP contribution is 2.33. The maximum Gasteiger partial charge on any atom is 0.163 e. The quantitative estimate of drug-likeness (QED) is 0.706. The minimum Gasteiger partial charge on any atom is -0.294 e. The fourth-order valence-corrected chi connectivity index (χ4v) is 2.80. The van der Waals surface area contributed by atoms with Crippen molar-refractivity contribution in [1.82, 2.24) is 0 Å². The van der Waals surface area contributed by atoms with Gasteiger partial charge in [-0.15, -0.1) is 0 Å². The molecule has 1 nitrogen and oxygen atoms in total. The Morgan fingerprint density at radius 1 is 0.952 bits per heavy atom. The maximum atomic E-state index is 12.5. The number of rotatable bonds is 5. The third-order valence-corrected chi connectivity index (χ3v) is 3.93. The summed E-state index contributed by atoms with van der Waals surface area (Å²) < 4.78 is 0. The minimum atomic E-state index is 0.175. The SMILES string of the molecule is O=C(C[C@@H](C1=CC=CC1)c1ccccc1)c1ccccc1. The van der Waals surface area contributed by atoms with Gasteiger partial charge in [0.05, 0.1) is 0 Å². The highest BCUT2D eigenvalue weighted by atomic mass is 16.1. The number of hydrogen-bond acceptors (Lipinski definition) is 1. The molecule has 2 aromatic carbocycles. The molecular formula is C20H18O. The molecule has 0 unspecified atom stereocenters. The molecule has 1 atom stereocenters. The molecule has 1 aliphatic rings. The molecule has 0 aliphatic heterocycles. The summed E-state index contributed by atoms with van der Waals surface area (Å²) in [4.78, 5) is 12.5. The van der Waals surface area contributed by atoms with E-state index in [-0.39, 0.29) is 11.7 Å². The van der Waals surface area contributed by atoms with Crippen molar-refractivity contribution in [3.05, 3.63) is 95.6 Å². The Balaban J connectivity index is 1.85. The summed E-state index contributed by atoms with van der Waals surface area (Å²) in [5.74, 6) is 0.381. The molecule has 0 radical (unpaired) electrons. The lowest BCUT2D eigenvalue weighted by molar-refractivity contribution is 0.0977. The second-order valence-electron chi connectivity index (χ2n) is 5.33. The summed E-state index contributed by atoms with van der Waals surface area (Å²) in [6.07, 6.45) is 7.86. The fourth-order valence-electron chi connectivity index (χ4n) is 2.80. The van der Waals surface area contributed by atoms with Crippen LogP contribution in [0.4, 0.5) is 0 Å². The van der Waals surface area contributed by atoms with Crippen LogP contribution in [-0.4, -0.2) is 5.78 Å². The third kappa shape index (κ3) is 3.19. The first-order chi connectivity index (χ1) is 10.3. The molecule has 1 heteroatoms. The van der Waals surface area contributed by atoms with Gasteiger partial charge in [-0.25, -0.2) is 0 Å². The Kier molecular flexibility index (Phi) is 4.11. The van der Waals surface area contributed by atoms with E-state index in [0.717, 1.165) is 12.0 Å². The predicted molar refractivity (Wildman–Crippen MR) is 86.4 cm³/mol. The van der Waals surface area contributed by atoms with Crippen LogP contribution >= 0.6 is 0 Å². The van der Waals surface area contributed by atoms with E-state index in [1.54, 1.807) is 0 Å². The molecule has 1 aliphatic carbocycles. The summed E-state index contributed by atoms with van der Waals surface area (Å²) in [5, 5.41) is 0. The molecule has 0 spiro atoms. The summed E-state index contributed by atoms with van der Waals surface area (Å²) in [6, 6.07) is 19.9. The zero-order valence-electron chi connectivity index (χ0n) is 11.9. The Morgan fingerprint density at radius 2 is 1.62 bits per heavy atom. The molecule has 0 heterocycles. The molecule has 0 bridgehead atoms. The van der Waals surface area contributed by atoms with Gasteiger partial charge in [-0.3, -0.25) is 4.79 Å². The zero-order chi connectivity index (χ0) is 14.5. The number of ketones is 1. The van der Waals surface area contributed by atoms with Gasteiger partial charge in [0.1, 0.15) is 0 Å². The number of benzene rings is 2. The molecule has 0 fully saturated rings. The van der Waals surface area contributed by atoms with Gasteiger partial charge in [-0.05, 0) is 12.0 Å². The van der Waals surface area contributed by atoms with Crippen LogP contribution in [0.15, 0.2) is 84.5 Å². The highest BCUT2D eigenvalue weighted by Gasteiger charge is 2.21. The summed E-state index contributed by atoms with van der Waals surface area (Å²) in [5.41, 5.74) is 3.34. The van der Waals surface area contributed by atoms with Crippen molar-refractivity contribution in [3.8, 4) is 0 Å². The van der Waals surface area contributed by atoms with Crippen molar-refractivity contribution in [2.75, 3.05) is 0 Å². The average molecular weight is 274 g/mol. The van der Waals surface area contributed by atoms with Crippen molar-refractivity contribution < 1.29 is 4.79 Å². The third-order valence-electron chi connectivity index (χ3n) is 3.93. The van der Waals surface area contributed by atoms with E-state index in [1.807, 2.05) is 48.5 Å². The Bertz CT molecular complexity index is 665. The van der Waals surface area contributed by atoms with Gasteiger partial charge in [0.2, 0.25) is 0 Å². The van der Waals surface area contributed by atoms with E-state index in [9.17, 15) is 4.79 Å². The standard InChI is InChI=1S/C20H18O/c21-20(18-13-5-2-6-14-18)15-19(17-11-7-8-12-17)16-9-3-1-4-10-16/h1-11,13-14,19H,12,15H2/t19-/m1/s1. The van der Waals surface area contributed by atoms with Crippen molar-refractivity contribution in [2.45, 2.75) is 18.8 Å². The van der Waals surface area contributed by atoms with Crippen molar-refractivity contribution in [1.29, 1.82) is 0 Å². The van der Waals surface area contributed by atoms with Gasteiger partial charge in [0.25, 0.3) is 0 Å². The van der Waals surface area contributed by atoms with Gasteiger partial charge in [0, 0.05) is 17.9 Å². The minimum absolute atomic E-state index is 0.175. The van der Waals surface area contributed by atoms with Crippen molar-refractivity contribution in [3.63, 3.8) is 0 Å².